The predicted octanol–water partition coefficient (Wildman–Crippen LogP) is 2.98. The minimum absolute atomic E-state index is 0.906. The molecule has 0 aliphatic carbocycles. The van der Waals surface area contributed by atoms with Gasteiger partial charge in [-0.15, -0.1) is 0 Å². The second kappa shape index (κ2) is 2.33. The molecular formula is C11H7NO. The van der Waals surface area contributed by atoms with E-state index in [1.54, 1.807) is 6.26 Å². The van der Waals surface area contributed by atoms with E-state index in [1.807, 2.05) is 30.6 Å². The Balaban J connectivity index is 2.57. The number of hydrogen-bond acceptors (Lipinski definition) is 2. The fourth-order valence-corrected chi connectivity index (χ4v) is 1.54. The topological polar surface area (TPSA) is 26.0 Å². The van der Waals surface area contributed by atoms with Gasteiger partial charge in [-0.1, -0.05) is 0 Å². The van der Waals surface area contributed by atoms with E-state index in [4.69, 9.17) is 4.42 Å². The molecule has 2 heterocycles. The van der Waals surface area contributed by atoms with Crippen molar-refractivity contribution in [1.82, 2.24) is 4.98 Å². The highest BCUT2D eigenvalue weighted by molar-refractivity contribution is 5.95. The van der Waals surface area contributed by atoms with Crippen LogP contribution in [0.15, 0.2) is 47.3 Å². The van der Waals surface area contributed by atoms with Gasteiger partial charge in [0.25, 0.3) is 0 Å². The maximum Gasteiger partial charge on any atom is 0.134 e. The van der Waals surface area contributed by atoms with Crippen LogP contribution in [0.4, 0.5) is 0 Å². The Morgan fingerprint density at radius 1 is 1.00 bits per heavy atom. The monoisotopic (exact) mass is 169 g/mol. The normalized spacial score (nSPS) is 11.1. The summed E-state index contributed by atoms with van der Waals surface area (Å²) in [7, 11) is 0. The smallest absolute Gasteiger partial charge is 0.134 e. The fraction of sp³-hybridized carbons (Fsp3) is 0. The van der Waals surface area contributed by atoms with Crippen LogP contribution < -0.4 is 0 Å². The molecule has 2 nitrogen and oxygen atoms in total. The molecule has 0 atom stereocenters. The van der Waals surface area contributed by atoms with E-state index >= 15 is 0 Å². The molecule has 0 saturated heterocycles. The van der Waals surface area contributed by atoms with Crippen LogP contribution in [-0.4, -0.2) is 4.98 Å². The molecule has 1 aromatic carbocycles. The average molecular weight is 169 g/mol. The van der Waals surface area contributed by atoms with Gasteiger partial charge in [0.15, 0.2) is 0 Å². The highest BCUT2D eigenvalue weighted by atomic mass is 16.3. The van der Waals surface area contributed by atoms with Crippen LogP contribution in [0.5, 0.6) is 0 Å². The quantitative estimate of drug-likeness (QED) is 0.517. The van der Waals surface area contributed by atoms with Crippen molar-refractivity contribution in [2.45, 2.75) is 0 Å². The molecule has 0 fully saturated rings. The number of aromatic nitrogens is 1. The summed E-state index contributed by atoms with van der Waals surface area (Å²) in [6.45, 7) is 0. The van der Waals surface area contributed by atoms with Crippen LogP contribution >= 0.6 is 0 Å². The van der Waals surface area contributed by atoms with Crippen LogP contribution in [0.1, 0.15) is 0 Å². The van der Waals surface area contributed by atoms with E-state index in [9.17, 15) is 0 Å². The summed E-state index contributed by atoms with van der Waals surface area (Å²) >= 11 is 0. The molecule has 0 saturated carbocycles. The average Bonchev–Trinajstić information content (AvgIpc) is 2.61. The molecule has 0 bridgehead atoms. The lowest BCUT2D eigenvalue weighted by molar-refractivity contribution is 0.604. The van der Waals surface area contributed by atoms with Gasteiger partial charge in [-0.25, -0.2) is 0 Å². The third-order valence-corrected chi connectivity index (χ3v) is 2.19. The van der Waals surface area contributed by atoms with Gasteiger partial charge in [0.1, 0.15) is 5.58 Å². The van der Waals surface area contributed by atoms with Gasteiger partial charge in [0.05, 0.1) is 6.26 Å². The molecule has 0 N–H and O–H groups in total. The molecule has 0 amide bonds. The van der Waals surface area contributed by atoms with Crippen molar-refractivity contribution in [2.75, 3.05) is 0 Å². The van der Waals surface area contributed by atoms with E-state index in [2.05, 4.69) is 11.1 Å². The Morgan fingerprint density at radius 3 is 2.77 bits per heavy atom. The van der Waals surface area contributed by atoms with Crippen LogP contribution in [-0.2, 0) is 0 Å². The third kappa shape index (κ3) is 0.920. The molecular weight excluding hydrogens is 162 g/mol. The summed E-state index contributed by atoms with van der Waals surface area (Å²) in [4.78, 5) is 4.08. The van der Waals surface area contributed by atoms with Gasteiger partial charge in [-0.2, -0.15) is 0 Å². The Bertz CT molecular complexity index is 519. The van der Waals surface area contributed by atoms with Crippen LogP contribution in [0, 0.1) is 0 Å². The van der Waals surface area contributed by atoms with Gasteiger partial charge in [0, 0.05) is 28.6 Å². The van der Waals surface area contributed by atoms with Crippen LogP contribution in [0.25, 0.3) is 21.7 Å². The second-order valence-corrected chi connectivity index (χ2v) is 3.04. The number of hydrogen-bond donors (Lipinski definition) is 0. The fourth-order valence-electron chi connectivity index (χ4n) is 1.54. The molecule has 62 valence electrons. The second-order valence-electron chi connectivity index (χ2n) is 3.04. The number of nitrogens with zero attached hydrogens (tertiary/aromatic N) is 1. The largest absolute Gasteiger partial charge is 0.464 e. The Kier molecular flexibility index (Phi) is 1.19. The van der Waals surface area contributed by atoms with Crippen molar-refractivity contribution in [3.05, 3.63) is 42.9 Å². The Labute approximate surface area is 74.8 Å². The minimum atomic E-state index is 0.906. The standard InChI is InChI=1S/C11H7NO/c1-2-8-4-9-6-12-7-10(9)5-11(8)13-3-1/h1-7H. The highest BCUT2D eigenvalue weighted by Crippen LogP contribution is 2.21. The molecule has 0 unspecified atom stereocenters. The molecule has 0 radical (unpaired) electrons. The zero-order valence-corrected chi connectivity index (χ0v) is 6.90. The Hall–Kier alpha value is -1.83. The summed E-state index contributed by atoms with van der Waals surface area (Å²) in [6, 6.07) is 8.02. The number of fused-ring (bicyclic) bond motifs is 2. The first-order valence-electron chi connectivity index (χ1n) is 4.14. The van der Waals surface area contributed by atoms with Gasteiger partial charge in [0.2, 0.25) is 0 Å². The molecule has 2 aromatic heterocycles. The Morgan fingerprint density at radius 2 is 1.85 bits per heavy atom. The molecule has 2 heteroatoms. The third-order valence-electron chi connectivity index (χ3n) is 2.19. The SMILES string of the molecule is c1coc2cc3cncc3cc2c1. The van der Waals surface area contributed by atoms with E-state index < -0.39 is 0 Å². The summed E-state index contributed by atoms with van der Waals surface area (Å²) in [5, 5.41) is 3.40. The lowest BCUT2D eigenvalue weighted by Gasteiger charge is -1.95. The van der Waals surface area contributed by atoms with Crippen molar-refractivity contribution in [3.8, 4) is 0 Å². The summed E-state index contributed by atoms with van der Waals surface area (Å²) < 4.78 is 5.36. The number of benzene rings is 1. The van der Waals surface area contributed by atoms with E-state index in [0.717, 1.165) is 21.7 Å². The molecule has 3 rings (SSSR count). The van der Waals surface area contributed by atoms with Crippen LogP contribution in [0.3, 0.4) is 0 Å². The lowest BCUT2D eigenvalue weighted by Crippen LogP contribution is -1.70. The molecule has 0 aliphatic heterocycles. The van der Waals surface area contributed by atoms with Gasteiger partial charge in [-0.05, 0) is 24.3 Å². The van der Waals surface area contributed by atoms with Crippen molar-refractivity contribution in [3.63, 3.8) is 0 Å². The first kappa shape index (κ1) is 6.66. The molecule has 0 aliphatic rings. The summed E-state index contributed by atoms with van der Waals surface area (Å²) in [5.74, 6) is 0. The predicted molar refractivity (Wildman–Crippen MR) is 51.5 cm³/mol. The maximum atomic E-state index is 5.36. The highest BCUT2D eigenvalue weighted by Gasteiger charge is 1.98. The minimum Gasteiger partial charge on any atom is -0.464 e. The zero-order valence-electron chi connectivity index (χ0n) is 6.90. The van der Waals surface area contributed by atoms with Crippen molar-refractivity contribution >= 4 is 21.7 Å². The zero-order chi connectivity index (χ0) is 8.67. The van der Waals surface area contributed by atoms with Crippen molar-refractivity contribution in [2.24, 2.45) is 0 Å². The van der Waals surface area contributed by atoms with Gasteiger partial charge in [-0.3, -0.25) is 4.98 Å². The summed E-state index contributed by atoms with van der Waals surface area (Å²) in [5.41, 5.74) is 0.906. The van der Waals surface area contributed by atoms with E-state index in [1.165, 1.54) is 0 Å². The first-order valence-corrected chi connectivity index (χ1v) is 4.14. The molecule has 0 spiro atoms. The van der Waals surface area contributed by atoms with E-state index in [0.29, 0.717) is 0 Å². The molecule has 13 heavy (non-hydrogen) atoms. The maximum absolute atomic E-state index is 5.36. The number of rotatable bonds is 0. The molecule has 3 aromatic rings. The van der Waals surface area contributed by atoms with Gasteiger partial charge < -0.3 is 4.42 Å². The van der Waals surface area contributed by atoms with Crippen LogP contribution in [0.2, 0.25) is 0 Å². The van der Waals surface area contributed by atoms with Crippen molar-refractivity contribution in [1.29, 1.82) is 0 Å². The first-order chi connectivity index (χ1) is 6.43. The van der Waals surface area contributed by atoms with E-state index in [-0.39, 0.29) is 0 Å². The summed E-state index contributed by atoms with van der Waals surface area (Å²) in [6.07, 6.45) is 5.39. The lowest BCUT2D eigenvalue weighted by atomic mass is 10.1. The van der Waals surface area contributed by atoms with Gasteiger partial charge >= 0.3 is 0 Å². The van der Waals surface area contributed by atoms with Crippen molar-refractivity contribution < 1.29 is 4.42 Å².